The number of rotatable bonds is 7. The number of likely N-dealkylation sites (N-methyl/N-ethyl adjacent to an activating group) is 1. The van der Waals surface area contributed by atoms with Crippen molar-refractivity contribution < 1.29 is 33.2 Å². The van der Waals surface area contributed by atoms with Gasteiger partial charge in [0.1, 0.15) is 6.54 Å². The van der Waals surface area contributed by atoms with E-state index in [1.165, 1.54) is 11.4 Å². The van der Waals surface area contributed by atoms with Crippen LogP contribution < -0.4 is 4.72 Å². The van der Waals surface area contributed by atoms with Crippen LogP contribution in [0.4, 0.5) is 4.79 Å². The van der Waals surface area contributed by atoms with Gasteiger partial charge in [-0.3, -0.25) is 14.3 Å². The second-order valence-corrected chi connectivity index (χ2v) is 5.21. The first-order valence-electron chi connectivity index (χ1n) is 5.47. The summed E-state index contributed by atoms with van der Waals surface area (Å²) in [4.78, 5) is 43.5. The Morgan fingerprint density at radius 1 is 1.24 bits per heavy atom. The van der Waals surface area contributed by atoms with E-state index in [0.29, 0.717) is 0 Å². The molecule has 0 aliphatic carbocycles. The highest BCUT2D eigenvalue weighted by atomic mass is 32.2. The van der Waals surface area contributed by atoms with E-state index >= 15 is 0 Å². The Morgan fingerprint density at radius 2 is 1.86 bits per heavy atom. The van der Waals surface area contributed by atoms with Crippen molar-refractivity contribution in [3.8, 4) is 0 Å². The fourth-order valence-corrected chi connectivity index (χ4v) is 1.97. The van der Waals surface area contributed by atoms with E-state index in [1.54, 1.807) is 18.7 Å². The number of carbonyl (C=O) groups excluding carboxylic acids is 3. The van der Waals surface area contributed by atoms with Gasteiger partial charge in [0, 0.05) is 19.2 Å². The van der Waals surface area contributed by atoms with Crippen LogP contribution in [-0.4, -0.2) is 64.9 Å². The van der Waals surface area contributed by atoms with Crippen LogP contribution in [0.2, 0.25) is 0 Å². The molecular weight excluding hydrogens is 326 g/mol. The molecule has 21 heavy (non-hydrogen) atoms. The number of amides is 2. The van der Waals surface area contributed by atoms with Crippen molar-refractivity contribution in [2.75, 3.05) is 27.2 Å². The Bertz CT molecular complexity index is 407. The Balaban J connectivity index is 4.01. The molecule has 0 bridgehead atoms. The van der Waals surface area contributed by atoms with Crippen LogP contribution in [-0.2, 0) is 23.3 Å². The van der Waals surface area contributed by atoms with Gasteiger partial charge in [-0.25, -0.2) is 18.2 Å². The van der Waals surface area contributed by atoms with E-state index in [1.807, 2.05) is 0 Å². The minimum absolute atomic E-state index is 0.0426. The molecule has 120 valence electrons. The highest BCUT2D eigenvalue weighted by Gasteiger charge is 2.18. The van der Waals surface area contributed by atoms with Gasteiger partial charge in [-0.1, -0.05) is 0 Å². The van der Waals surface area contributed by atoms with E-state index in [9.17, 15) is 19.2 Å². The Kier molecular flexibility index (Phi) is 9.32. The maximum absolute atomic E-state index is 11.5. The zero-order valence-electron chi connectivity index (χ0n) is 11.5. The molecule has 0 unspecified atom stereocenters. The molecule has 0 aromatic heterocycles. The van der Waals surface area contributed by atoms with Crippen LogP contribution in [0.25, 0.3) is 0 Å². The van der Waals surface area contributed by atoms with Crippen molar-refractivity contribution in [1.29, 1.82) is 0 Å². The third-order valence-electron chi connectivity index (χ3n) is 1.62. The van der Waals surface area contributed by atoms with Gasteiger partial charge in [0.15, 0.2) is 12.2 Å². The molecule has 0 heterocycles. The number of aliphatic carboxylic acids is 1. The van der Waals surface area contributed by atoms with Gasteiger partial charge >= 0.3 is 23.9 Å². The molecular formula is C9H15N3O7S2. The molecule has 0 saturated heterocycles. The Hall–Kier alpha value is -1.66. The predicted octanol–water partition coefficient (Wildman–Crippen LogP) is -0.123. The van der Waals surface area contributed by atoms with Crippen molar-refractivity contribution in [2.24, 2.45) is 0 Å². The van der Waals surface area contributed by atoms with Crippen molar-refractivity contribution >= 4 is 48.3 Å². The monoisotopic (exact) mass is 341 g/mol. The average molecular weight is 341 g/mol. The number of carboxylic acid groups (broad SMARTS) is 1. The third-order valence-corrected chi connectivity index (χ3v) is 2.91. The summed E-state index contributed by atoms with van der Waals surface area (Å²) in [5.74, 6) is -3.46. The lowest BCUT2D eigenvalue weighted by molar-refractivity contribution is -0.149. The highest BCUT2D eigenvalue weighted by molar-refractivity contribution is 7.95. The molecule has 0 rings (SSSR count). The lowest BCUT2D eigenvalue weighted by Gasteiger charge is -2.20. The van der Waals surface area contributed by atoms with Crippen molar-refractivity contribution in [3.05, 3.63) is 0 Å². The van der Waals surface area contributed by atoms with E-state index in [-0.39, 0.29) is 25.4 Å². The first-order valence-corrected chi connectivity index (χ1v) is 6.94. The normalized spacial score (nSPS) is 9.90. The number of esters is 1. The van der Waals surface area contributed by atoms with Crippen LogP contribution in [0, 0.1) is 0 Å². The van der Waals surface area contributed by atoms with Crippen LogP contribution >= 0.6 is 24.4 Å². The summed E-state index contributed by atoms with van der Waals surface area (Å²) in [6.45, 7) is 1.89. The number of nitrogens with zero attached hydrogens (tertiary/aromatic N) is 2. The van der Waals surface area contributed by atoms with Gasteiger partial charge in [0.25, 0.3) is 0 Å². The number of hydrogen-bond donors (Lipinski definition) is 2. The van der Waals surface area contributed by atoms with E-state index < -0.39 is 23.9 Å². The SMILES string of the molecule is CCOC(=O)CN(C)SN(C)C(=O)OSNC(=O)C(=O)O. The molecule has 0 aliphatic rings. The summed E-state index contributed by atoms with van der Waals surface area (Å²) in [7, 11) is 2.93. The van der Waals surface area contributed by atoms with Crippen LogP contribution in [0.5, 0.6) is 0 Å². The Morgan fingerprint density at radius 3 is 2.38 bits per heavy atom. The van der Waals surface area contributed by atoms with Gasteiger partial charge in [-0.15, -0.1) is 0 Å². The number of hydrogen-bond acceptors (Lipinski definition) is 9. The lowest BCUT2D eigenvalue weighted by atomic mass is 10.6. The standard InChI is InChI=1S/C9H15N3O7S2/c1-4-18-6(13)5-11(2)21-12(3)9(17)19-20-10-7(14)8(15)16/h4-5H2,1-3H3,(H,10,14)(H,15,16). The molecule has 2 amide bonds. The number of ether oxygens (including phenoxy) is 1. The molecule has 0 aromatic rings. The molecule has 0 aliphatic heterocycles. The molecule has 10 nitrogen and oxygen atoms in total. The number of carbonyl (C=O) groups is 4. The summed E-state index contributed by atoms with van der Waals surface area (Å²) in [6, 6.07) is 0. The molecule has 0 spiro atoms. The third kappa shape index (κ3) is 8.99. The fraction of sp³-hybridized carbons (Fsp3) is 0.556. The maximum Gasteiger partial charge on any atom is 0.434 e. The second kappa shape index (κ2) is 10.1. The van der Waals surface area contributed by atoms with Crippen LogP contribution in [0.15, 0.2) is 0 Å². The van der Waals surface area contributed by atoms with Gasteiger partial charge in [0.2, 0.25) is 0 Å². The molecule has 0 radical (unpaired) electrons. The van der Waals surface area contributed by atoms with Crippen molar-refractivity contribution in [1.82, 2.24) is 13.3 Å². The second-order valence-electron chi connectivity index (χ2n) is 3.34. The molecule has 0 fully saturated rings. The van der Waals surface area contributed by atoms with Crippen molar-refractivity contribution in [3.63, 3.8) is 0 Å². The maximum atomic E-state index is 11.5. The largest absolute Gasteiger partial charge is 0.474 e. The summed E-state index contributed by atoms with van der Waals surface area (Å²) in [5, 5.41) is 8.27. The van der Waals surface area contributed by atoms with Gasteiger partial charge in [-0.2, -0.15) is 0 Å². The zero-order chi connectivity index (χ0) is 16.4. The number of nitrogens with one attached hydrogen (secondary N) is 1. The van der Waals surface area contributed by atoms with E-state index in [2.05, 4.69) is 4.18 Å². The minimum atomic E-state index is -1.70. The first-order chi connectivity index (χ1) is 9.77. The van der Waals surface area contributed by atoms with Gasteiger partial charge < -0.3 is 14.0 Å². The minimum Gasteiger partial charge on any atom is -0.474 e. The summed E-state index contributed by atoms with van der Waals surface area (Å²) < 4.78 is 13.5. The molecule has 0 aromatic carbocycles. The summed E-state index contributed by atoms with van der Waals surface area (Å²) in [6.07, 6.45) is -0.855. The van der Waals surface area contributed by atoms with Crippen LogP contribution in [0.1, 0.15) is 6.92 Å². The Labute approximate surface area is 129 Å². The topological polar surface area (TPSA) is 125 Å². The summed E-state index contributed by atoms with van der Waals surface area (Å²) in [5.41, 5.74) is 0. The highest BCUT2D eigenvalue weighted by Crippen LogP contribution is 2.14. The quantitative estimate of drug-likeness (QED) is 0.280. The van der Waals surface area contributed by atoms with E-state index in [4.69, 9.17) is 9.84 Å². The lowest BCUT2D eigenvalue weighted by Crippen LogP contribution is -2.30. The average Bonchev–Trinajstić information content (AvgIpc) is 2.37. The predicted molar refractivity (Wildman–Crippen MR) is 74.5 cm³/mol. The number of carboxylic acids is 1. The molecule has 0 atom stereocenters. The first kappa shape index (κ1) is 19.3. The molecule has 12 heteroatoms. The zero-order valence-corrected chi connectivity index (χ0v) is 13.2. The van der Waals surface area contributed by atoms with Crippen molar-refractivity contribution in [2.45, 2.75) is 6.92 Å². The van der Waals surface area contributed by atoms with E-state index in [0.717, 1.165) is 16.4 Å². The smallest absolute Gasteiger partial charge is 0.434 e. The summed E-state index contributed by atoms with van der Waals surface area (Å²) >= 11 is 1.06. The van der Waals surface area contributed by atoms with Gasteiger partial charge in [-0.05, 0) is 14.0 Å². The molecule has 2 N–H and O–H groups in total. The van der Waals surface area contributed by atoms with Crippen LogP contribution in [0.3, 0.4) is 0 Å². The molecule has 0 saturated carbocycles. The fourth-order valence-electron chi connectivity index (χ4n) is 0.850. The van der Waals surface area contributed by atoms with Gasteiger partial charge in [0.05, 0.1) is 6.61 Å².